The molecular formula is C28H37FN4O7. The van der Waals surface area contributed by atoms with Crippen LogP contribution >= 0.6 is 0 Å². The molecule has 0 heterocycles. The Morgan fingerprint density at radius 3 is 2.42 bits per heavy atom. The molecule has 4 rings (SSSR count). The van der Waals surface area contributed by atoms with E-state index in [1.807, 2.05) is 13.8 Å². The van der Waals surface area contributed by atoms with Gasteiger partial charge in [-0.25, -0.2) is 4.39 Å². The molecule has 0 spiro atoms. The molecule has 1 aromatic carbocycles. The molecule has 0 saturated carbocycles. The average Bonchev–Trinajstić information content (AvgIpc) is 2.86. The monoisotopic (exact) mass is 560 g/mol. The minimum Gasteiger partial charge on any atom is -0.510 e. The van der Waals surface area contributed by atoms with Crippen LogP contribution in [0.5, 0.6) is 5.75 Å². The second-order valence-electron chi connectivity index (χ2n) is 11.5. The zero-order chi connectivity index (χ0) is 29.8. The summed E-state index contributed by atoms with van der Waals surface area (Å²) in [6.45, 7) is 4.65. The standard InChI is InChI=1S/C28H37FN4O7/c1-11(2)10-32-20-13(6-7-31-3)19(29)14-8-12-9-15-21(33(4)5)24(36)18(27(30)39)26(38)28(15,40)25(37)16(12)22(34)17(14)23(20)35/h11-12,15,21,31-32,35-37,40H,6-10H2,1-5H3,(H2,30,39)/t12-,15-,21-,28-/m0/s1. The molecule has 0 bridgehead atoms. The van der Waals surface area contributed by atoms with E-state index in [0.29, 0.717) is 13.1 Å². The minimum absolute atomic E-state index is 0.0168. The van der Waals surface area contributed by atoms with Crippen molar-refractivity contribution >= 4 is 23.2 Å². The maximum absolute atomic E-state index is 16.1. The number of carbonyl (C=O) groups is 3. The molecule has 0 unspecified atom stereocenters. The number of aromatic hydroxyl groups is 1. The van der Waals surface area contributed by atoms with Crippen molar-refractivity contribution in [3.63, 3.8) is 0 Å². The van der Waals surface area contributed by atoms with Crippen LogP contribution in [-0.4, -0.2) is 88.7 Å². The highest BCUT2D eigenvalue weighted by Crippen LogP contribution is 2.53. The van der Waals surface area contributed by atoms with E-state index in [-0.39, 0.29) is 53.1 Å². The van der Waals surface area contributed by atoms with Crippen molar-refractivity contribution in [1.82, 2.24) is 10.2 Å². The number of likely N-dealkylation sites (N-methyl/N-ethyl adjacent to an activating group) is 2. The van der Waals surface area contributed by atoms with Gasteiger partial charge in [-0.2, -0.15) is 0 Å². The number of nitrogens with zero attached hydrogens (tertiary/aromatic N) is 1. The number of hydrogen-bond acceptors (Lipinski definition) is 10. The molecule has 218 valence electrons. The van der Waals surface area contributed by atoms with Crippen molar-refractivity contribution in [2.24, 2.45) is 23.5 Å². The number of ketones is 2. The number of phenols is 1. The molecule has 1 amide bonds. The summed E-state index contributed by atoms with van der Waals surface area (Å²) in [6, 6.07) is -1.11. The summed E-state index contributed by atoms with van der Waals surface area (Å²) in [5, 5.41) is 51.2. The number of hydrogen-bond donors (Lipinski definition) is 7. The predicted octanol–water partition coefficient (Wildman–Crippen LogP) is 1.09. The van der Waals surface area contributed by atoms with E-state index in [0.717, 1.165) is 0 Å². The Hall–Kier alpha value is -3.48. The highest BCUT2D eigenvalue weighted by molar-refractivity contribution is 6.24. The molecule has 8 N–H and O–H groups in total. The largest absolute Gasteiger partial charge is 0.510 e. The molecule has 0 fully saturated rings. The Kier molecular flexibility index (Phi) is 7.74. The van der Waals surface area contributed by atoms with Crippen LogP contribution in [0.25, 0.3) is 0 Å². The highest BCUT2D eigenvalue weighted by Gasteiger charge is 2.63. The van der Waals surface area contributed by atoms with Gasteiger partial charge in [-0.3, -0.25) is 19.3 Å². The van der Waals surface area contributed by atoms with Gasteiger partial charge in [0.15, 0.2) is 17.1 Å². The third-order valence-electron chi connectivity index (χ3n) is 8.23. The molecule has 3 aliphatic rings. The fourth-order valence-electron chi connectivity index (χ4n) is 6.38. The number of allylic oxidation sites excluding steroid dienone is 1. The summed E-state index contributed by atoms with van der Waals surface area (Å²) in [5.41, 5.74) is 1.33. The molecule has 1 aromatic rings. The Bertz CT molecular complexity index is 1350. The quantitative estimate of drug-likeness (QED) is 0.179. The summed E-state index contributed by atoms with van der Waals surface area (Å²) in [7, 11) is 4.81. The topological polar surface area (TPSA) is 185 Å². The molecule has 4 atom stereocenters. The summed E-state index contributed by atoms with van der Waals surface area (Å²) >= 11 is 0. The Morgan fingerprint density at radius 2 is 1.88 bits per heavy atom. The minimum atomic E-state index is -2.75. The number of Topliss-reactive ketones (excluding diaryl/α,β-unsaturated/α-hetero) is 2. The van der Waals surface area contributed by atoms with Crippen LogP contribution in [0.3, 0.4) is 0 Å². The van der Waals surface area contributed by atoms with Crippen molar-refractivity contribution in [1.29, 1.82) is 0 Å². The first kappa shape index (κ1) is 29.5. The van der Waals surface area contributed by atoms with Gasteiger partial charge in [-0.05, 0) is 58.8 Å². The van der Waals surface area contributed by atoms with Gasteiger partial charge in [-0.15, -0.1) is 0 Å². The molecule has 40 heavy (non-hydrogen) atoms. The summed E-state index contributed by atoms with van der Waals surface area (Å²) in [4.78, 5) is 40.9. The van der Waals surface area contributed by atoms with Crippen LogP contribution in [0.2, 0.25) is 0 Å². The van der Waals surface area contributed by atoms with Crippen molar-refractivity contribution in [2.75, 3.05) is 39.5 Å². The van der Waals surface area contributed by atoms with Gasteiger partial charge < -0.3 is 36.8 Å². The van der Waals surface area contributed by atoms with Crippen LogP contribution in [0.1, 0.15) is 41.8 Å². The van der Waals surface area contributed by atoms with Crippen molar-refractivity contribution < 1.29 is 39.2 Å². The fraction of sp³-hybridized carbons (Fsp3) is 0.536. The van der Waals surface area contributed by atoms with Gasteiger partial charge in [0.25, 0.3) is 5.91 Å². The van der Waals surface area contributed by atoms with Crippen LogP contribution in [0.4, 0.5) is 10.1 Å². The normalized spacial score (nSPS) is 26.3. The Morgan fingerprint density at radius 1 is 1.23 bits per heavy atom. The number of phenolic OH excluding ortho intramolecular Hbond substituents is 1. The lowest BCUT2D eigenvalue weighted by molar-refractivity contribution is -0.148. The second-order valence-corrected chi connectivity index (χ2v) is 11.5. The van der Waals surface area contributed by atoms with E-state index in [1.54, 1.807) is 21.1 Å². The first-order chi connectivity index (χ1) is 18.7. The first-order valence-electron chi connectivity index (χ1n) is 13.3. The molecular weight excluding hydrogens is 523 g/mol. The number of nitrogens with one attached hydrogen (secondary N) is 2. The van der Waals surface area contributed by atoms with Crippen molar-refractivity contribution in [3.8, 4) is 5.75 Å². The molecule has 11 nitrogen and oxygen atoms in total. The highest BCUT2D eigenvalue weighted by atomic mass is 19.1. The summed E-state index contributed by atoms with van der Waals surface area (Å²) in [5.74, 6) is -8.18. The average molecular weight is 561 g/mol. The third kappa shape index (κ3) is 4.25. The summed E-state index contributed by atoms with van der Waals surface area (Å²) in [6.07, 6.45) is 0.0145. The molecule has 0 aromatic heterocycles. The number of benzene rings is 1. The third-order valence-corrected chi connectivity index (χ3v) is 8.23. The zero-order valence-electron chi connectivity index (χ0n) is 23.3. The van der Waals surface area contributed by atoms with Gasteiger partial charge in [0.1, 0.15) is 22.9 Å². The van der Waals surface area contributed by atoms with Crippen LogP contribution < -0.4 is 16.4 Å². The number of anilines is 1. The van der Waals surface area contributed by atoms with E-state index in [1.165, 1.54) is 4.90 Å². The zero-order valence-corrected chi connectivity index (χ0v) is 23.3. The fourth-order valence-corrected chi connectivity index (χ4v) is 6.38. The second kappa shape index (κ2) is 10.5. The van der Waals surface area contributed by atoms with Crippen molar-refractivity contribution in [2.45, 2.75) is 44.8 Å². The van der Waals surface area contributed by atoms with E-state index in [4.69, 9.17) is 5.73 Å². The van der Waals surface area contributed by atoms with Gasteiger partial charge in [0.2, 0.25) is 5.78 Å². The molecule has 3 aliphatic carbocycles. The number of amides is 1. The lowest BCUT2D eigenvalue weighted by atomic mass is 9.58. The molecule has 0 aliphatic heterocycles. The van der Waals surface area contributed by atoms with Gasteiger partial charge in [-0.1, -0.05) is 13.8 Å². The maximum atomic E-state index is 16.1. The number of fused-ring (bicyclic) bond motifs is 3. The molecule has 0 radical (unpaired) electrons. The number of aliphatic hydroxyl groups is 3. The van der Waals surface area contributed by atoms with E-state index >= 15 is 4.39 Å². The van der Waals surface area contributed by atoms with E-state index in [2.05, 4.69) is 10.6 Å². The van der Waals surface area contributed by atoms with Gasteiger partial charge in [0.05, 0.1) is 17.3 Å². The smallest absolute Gasteiger partial charge is 0.255 e. The first-order valence-corrected chi connectivity index (χ1v) is 13.3. The van der Waals surface area contributed by atoms with Crippen LogP contribution in [0.15, 0.2) is 22.7 Å². The van der Waals surface area contributed by atoms with E-state index < -0.39 is 69.6 Å². The predicted molar refractivity (Wildman–Crippen MR) is 145 cm³/mol. The number of aliphatic hydroxyl groups excluding tert-OH is 2. The molecule has 0 saturated heterocycles. The SMILES string of the molecule is CNCCc1c(F)c2c(c(O)c1NCC(C)C)C(=O)C1=C(O)[C@]3(O)C(=O)C(C(N)=O)=C(O)[C@@H](N(C)C)[C@@H]3C[C@@H]1C2. The lowest BCUT2D eigenvalue weighted by Gasteiger charge is -2.50. The number of carbonyl (C=O) groups excluding carboxylic acids is 3. The molecule has 12 heteroatoms. The van der Waals surface area contributed by atoms with Gasteiger partial charge >= 0.3 is 0 Å². The number of halogens is 1. The van der Waals surface area contributed by atoms with E-state index in [9.17, 15) is 34.8 Å². The Labute approximate surface area is 231 Å². The number of nitrogens with two attached hydrogens (primary N) is 1. The van der Waals surface area contributed by atoms with Crippen LogP contribution in [-0.2, 0) is 22.4 Å². The summed E-state index contributed by atoms with van der Waals surface area (Å²) < 4.78 is 16.1. The maximum Gasteiger partial charge on any atom is 0.255 e. The van der Waals surface area contributed by atoms with Crippen LogP contribution in [0, 0.1) is 23.6 Å². The number of primary amides is 1. The van der Waals surface area contributed by atoms with Crippen molar-refractivity contribution in [3.05, 3.63) is 45.2 Å². The Balaban J connectivity index is 1.94. The lowest BCUT2D eigenvalue weighted by Crippen LogP contribution is -2.63. The van der Waals surface area contributed by atoms with Gasteiger partial charge in [0, 0.05) is 29.2 Å². The number of rotatable bonds is 8.